The van der Waals surface area contributed by atoms with Gasteiger partial charge in [-0.1, -0.05) is 42.5 Å². The molecule has 0 aromatic heterocycles. The molecule has 1 saturated carbocycles. The zero-order valence-electron chi connectivity index (χ0n) is 13.2. The maximum absolute atomic E-state index is 13.1. The second-order valence-corrected chi connectivity index (χ2v) is 6.63. The second-order valence-electron chi connectivity index (χ2n) is 6.63. The molecule has 0 heterocycles. The summed E-state index contributed by atoms with van der Waals surface area (Å²) in [5.74, 6) is 1.56. The summed E-state index contributed by atoms with van der Waals surface area (Å²) in [6.07, 6.45) is 13.7. The molecule has 1 aromatic rings. The molecule has 116 valence electrons. The molecule has 0 spiro atoms. The normalized spacial score (nSPS) is 28.2. The zero-order valence-corrected chi connectivity index (χ0v) is 13.2. The molecular weight excluding hydrogens is 271 g/mol. The highest BCUT2D eigenvalue weighted by atomic mass is 19.1. The number of benzene rings is 1. The van der Waals surface area contributed by atoms with Crippen molar-refractivity contribution in [3.63, 3.8) is 0 Å². The number of halogens is 1. The first-order valence-electron chi connectivity index (χ1n) is 8.50. The Balaban J connectivity index is 1.63. The van der Waals surface area contributed by atoms with Gasteiger partial charge < -0.3 is 0 Å². The Morgan fingerprint density at radius 1 is 1.09 bits per heavy atom. The zero-order chi connectivity index (χ0) is 15.4. The smallest absolute Gasteiger partial charge is 0.122 e. The van der Waals surface area contributed by atoms with E-state index >= 15 is 0 Å². The lowest BCUT2D eigenvalue weighted by Gasteiger charge is -2.28. The molecule has 0 bridgehead atoms. The van der Waals surface area contributed by atoms with Crippen LogP contribution in [-0.2, 0) is 0 Å². The molecule has 1 fully saturated rings. The molecule has 0 N–H and O–H groups in total. The van der Waals surface area contributed by atoms with E-state index < -0.39 is 6.17 Å². The average molecular weight is 296 g/mol. The molecule has 2 aliphatic rings. The largest absolute Gasteiger partial charge is 0.243 e. The first-order valence-corrected chi connectivity index (χ1v) is 8.50. The maximum atomic E-state index is 13.1. The fourth-order valence-corrected chi connectivity index (χ4v) is 3.72. The van der Waals surface area contributed by atoms with Crippen LogP contribution in [0.2, 0.25) is 0 Å². The van der Waals surface area contributed by atoms with Crippen molar-refractivity contribution in [1.82, 2.24) is 0 Å². The van der Waals surface area contributed by atoms with Crippen LogP contribution in [0.25, 0.3) is 5.57 Å². The summed E-state index contributed by atoms with van der Waals surface area (Å²) < 4.78 is 13.1. The van der Waals surface area contributed by atoms with E-state index in [1.54, 1.807) is 6.08 Å². The summed E-state index contributed by atoms with van der Waals surface area (Å²) in [6, 6.07) is 8.92. The predicted octanol–water partition coefficient (Wildman–Crippen LogP) is 6.22. The van der Waals surface area contributed by atoms with E-state index in [2.05, 4.69) is 36.9 Å². The van der Waals surface area contributed by atoms with Gasteiger partial charge in [0.2, 0.25) is 0 Å². The van der Waals surface area contributed by atoms with Crippen LogP contribution in [0.5, 0.6) is 0 Å². The topological polar surface area (TPSA) is 0 Å². The van der Waals surface area contributed by atoms with Crippen LogP contribution in [0, 0.1) is 5.92 Å². The van der Waals surface area contributed by atoms with Gasteiger partial charge in [-0.05, 0) is 66.7 Å². The molecule has 0 nitrogen and oxygen atoms in total. The minimum atomic E-state index is -0.811. The van der Waals surface area contributed by atoms with Crippen molar-refractivity contribution in [1.29, 1.82) is 0 Å². The first-order chi connectivity index (χ1) is 10.8. The van der Waals surface area contributed by atoms with Crippen LogP contribution in [-0.4, -0.2) is 6.17 Å². The lowest BCUT2D eigenvalue weighted by atomic mass is 9.77. The van der Waals surface area contributed by atoms with E-state index in [0.717, 1.165) is 11.5 Å². The van der Waals surface area contributed by atoms with Gasteiger partial charge in [0.15, 0.2) is 0 Å². The van der Waals surface area contributed by atoms with Crippen LogP contribution >= 0.6 is 0 Å². The van der Waals surface area contributed by atoms with Crippen LogP contribution in [0.3, 0.4) is 0 Å². The Kier molecular flexibility index (Phi) is 4.92. The third-order valence-electron chi connectivity index (χ3n) is 5.11. The Labute approximate surface area is 133 Å². The Bertz CT molecular complexity index is 556. The van der Waals surface area contributed by atoms with Gasteiger partial charge in [-0.15, -0.1) is 6.58 Å². The third-order valence-corrected chi connectivity index (χ3v) is 5.11. The van der Waals surface area contributed by atoms with Gasteiger partial charge in [-0.2, -0.15) is 0 Å². The summed E-state index contributed by atoms with van der Waals surface area (Å²) >= 11 is 0. The Hall–Kier alpha value is -1.63. The standard InChI is InChI=1S/C21H25F/c1-2-3-16-4-6-17(7-5-16)18-8-10-19(11-9-18)20-12-14-21(22)15-13-20/h2,8-14,16-17,21H,1,3-7,15H2. The highest BCUT2D eigenvalue weighted by molar-refractivity contribution is 5.75. The van der Waals surface area contributed by atoms with Crippen molar-refractivity contribution in [2.45, 2.75) is 50.6 Å². The van der Waals surface area contributed by atoms with Crippen LogP contribution in [0.4, 0.5) is 4.39 Å². The van der Waals surface area contributed by atoms with E-state index in [0.29, 0.717) is 12.3 Å². The van der Waals surface area contributed by atoms with Crippen molar-refractivity contribution in [3.05, 3.63) is 66.3 Å². The van der Waals surface area contributed by atoms with E-state index in [-0.39, 0.29) is 0 Å². The molecule has 1 heteroatoms. The lowest BCUT2D eigenvalue weighted by molar-refractivity contribution is 0.328. The van der Waals surface area contributed by atoms with Crippen LogP contribution < -0.4 is 0 Å². The summed E-state index contributed by atoms with van der Waals surface area (Å²) in [5, 5.41) is 0. The minimum absolute atomic E-state index is 0.501. The number of alkyl halides is 1. The van der Waals surface area contributed by atoms with Gasteiger partial charge in [-0.25, -0.2) is 4.39 Å². The van der Waals surface area contributed by atoms with Crippen molar-refractivity contribution in [2.75, 3.05) is 0 Å². The van der Waals surface area contributed by atoms with E-state index in [1.807, 2.05) is 12.2 Å². The van der Waals surface area contributed by atoms with Gasteiger partial charge in [0, 0.05) is 6.42 Å². The quantitative estimate of drug-likeness (QED) is 0.579. The van der Waals surface area contributed by atoms with E-state index in [9.17, 15) is 4.39 Å². The maximum Gasteiger partial charge on any atom is 0.122 e. The number of hydrogen-bond donors (Lipinski definition) is 0. The fourth-order valence-electron chi connectivity index (χ4n) is 3.72. The fraction of sp³-hybridized carbons (Fsp3) is 0.429. The summed E-state index contributed by atoms with van der Waals surface area (Å²) in [7, 11) is 0. The molecule has 0 saturated heterocycles. The molecular formula is C21H25F. The lowest BCUT2D eigenvalue weighted by Crippen LogP contribution is -2.12. The minimum Gasteiger partial charge on any atom is -0.243 e. The monoisotopic (exact) mass is 296 g/mol. The third kappa shape index (κ3) is 3.58. The van der Waals surface area contributed by atoms with Gasteiger partial charge in [-0.3, -0.25) is 0 Å². The van der Waals surface area contributed by atoms with Crippen molar-refractivity contribution in [3.8, 4) is 0 Å². The first kappa shape index (κ1) is 15.3. The van der Waals surface area contributed by atoms with Crippen LogP contribution in [0.1, 0.15) is 55.6 Å². The second kappa shape index (κ2) is 7.09. The summed E-state index contributed by atoms with van der Waals surface area (Å²) in [5.41, 5.74) is 3.81. The number of allylic oxidation sites excluding steroid dienone is 5. The van der Waals surface area contributed by atoms with Gasteiger partial charge >= 0.3 is 0 Å². The SMILES string of the molecule is C=CCC1CCC(c2ccc(C3=CCC(F)C=C3)cc2)CC1. The van der Waals surface area contributed by atoms with Crippen LogP contribution in [0.15, 0.2) is 55.1 Å². The molecule has 0 radical (unpaired) electrons. The molecule has 2 aliphatic carbocycles. The van der Waals surface area contributed by atoms with E-state index in [1.165, 1.54) is 43.2 Å². The molecule has 3 rings (SSSR count). The average Bonchev–Trinajstić information content (AvgIpc) is 2.57. The molecule has 1 unspecified atom stereocenters. The predicted molar refractivity (Wildman–Crippen MR) is 92.6 cm³/mol. The van der Waals surface area contributed by atoms with Gasteiger partial charge in [0.1, 0.15) is 6.17 Å². The number of rotatable bonds is 4. The molecule has 22 heavy (non-hydrogen) atoms. The highest BCUT2D eigenvalue weighted by Gasteiger charge is 2.21. The Morgan fingerprint density at radius 3 is 2.41 bits per heavy atom. The van der Waals surface area contributed by atoms with Crippen molar-refractivity contribution >= 4 is 5.57 Å². The summed E-state index contributed by atoms with van der Waals surface area (Å²) in [6.45, 7) is 3.86. The van der Waals surface area contributed by atoms with Crippen molar-refractivity contribution in [2.24, 2.45) is 5.92 Å². The highest BCUT2D eigenvalue weighted by Crippen LogP contribution is 2.37. The van der Waals surface area contributed by atoms with Crippen molar-refractivity contribution < 1.29 is 4.39 Å². The Morgan fingerprint density at radius 2 is 1.82 bits per heavy atom. The van der Waals surface area contributed by atoms with Gasteiger partial charge in [0.05, 0.1) is 0 Å². The molecule has 1 atom stereocenters. The molecule has 1 aromatic carbocycles. The molecule has 0 aliphatic heterocycles. The number of hydrogen-bond acceptors (Lipinski definition) is 0. The van der Waals surface area contributed by atoms with E-state index in [4.69, 9.17) is 0 Å². The molecule has 0 amide bonds. The summed E-state index contributed by atoms with van der Waals surface area (Å²) in [4.78, 5) is 0. The van der Waals surface area contributed by atoms with Gasteiger partial charge in [0.25, 0.3) is 0 Å².